The van der Waals surface area contributed by atoms with Gasteiger partial charge in [0.25, 0.3) is 11.5 Å². The largest absolute Gasteiger partial charge is 0.364 e. The zero-order valence-electron chi connectivity index (χ0n) is 13.1. The van der Waals surface area contributed by atoms with Crippen molar-refractivity contribution in [2.45, 2.75) is 26.8 Å². The van der Waals surface area contributed by atoms with Crippen LogP contribution in [0.2, 0.25) is 5.15 Å². The van der Waals surface area contributed by atoms with E-state index in [1.165, 1.54) is 6.07 Å². The predicted octanol–water partition coefficient (Wildman–Crippen LogP) is 2.99. The van der Waals surface area contributed by atoms with Gasteiger partial charge in [0.1, 0.15) is 11.6 Å². The molecule has 0 radical (unpaired) electrons. The predicted molar refractivity (Wildman–Crippen MR) is 86.8 cm³/mol. The van der Waals surface area contributed by atoms with E-state index in [-0.39, 0.29) is 23.3 Å². The van der Waals surface area contributed by atoms with Crippen molar-refractivity contribution in [2.75, 3.05) is 0 Å². The molecule has 0 aliphatic rings. The number of aromatic nitrogens is 2. The number of nitrogens with two attached hydrogens (primary N) is 1. The Morgan fingerprint density at radius 1 is 1.38 bits per heavy atom. The summed E-state index contributed by atoms with van der Waals surface area (Å²) in [4.78, 5) is 27.6. The third kappa shape index (κ3) is 3.31. The molecule has 24 heavy (non-hydrogen) atoms. The Bertz CT molecular complexity index is 832. The Morgan fingerprint density at radius 3 is 2.46 bits per heavy atom. The molecule has 0 unspecified atom stereocenters. The minimum absolute atomic E-state index is 0.00419. The SMILES string of the molecule is CC[C@H](C)Cn1c(-c2c(F)cccc2F)c(Cl)nc(C(N)=O)c1=O. The molecule has 1 amide bonds. The molecule has 1 atom stereocenters. The van der Waals surface area contributed by atoms with Crippen LogP contribution in [0.4, 0.5) is 8.78 Å². The van der Waals surface area contributed by atoms with Crippen LogP contribution >= 0.6 is 11.6 Å². The lowest BCUT2D eigenvalue weighted by atomic mass is 10.1. The number of halogens is 3. The molecule has 0 spiro atoms. The van der Waals surface area contributed by atoms with E-state index < -0.39 is 34.4 Å². The zero-order chi connectivity index (χ0) is 18.0. The molecule has 1 aromatic carbocycles. The standard InChI is InChI=1S/C16H16ClF2N3O2/c1-3-8(2)7-22-13(11-9(18)5-4-6-10(11)19)14(17)21-12(15(20)23)16(22)24/h4-6,8H,3,7H2,1-2H3,(H2,20,23)/t8-/m0/s1. The minimum atomic E-state index is -1.06. The maximum atomic E-state index is 14.2. The van der Waals surface area contributed by atoms with Gasteiger partial charge in [-0.05, 0) is 18.1 Å². The van der Waals surface area contributed by atoms with E-state index in [2.05, 4.69) is 4.98 Å². The van der Waals surface area contributed by atoms with Crippen LogP contribution in [0.1, 0.15) is 30.8 Å². The van der Waals surface area contributed by atoms with Crippen molar-refractivity contribution in [3.05, 3.63) is 51.0 Å². The Labute approximate surface area is 142 Å². The van der Waals surface area contributed by atoms with Gasteiger partial charge in [-0.3, -0.25) is 9.59 Å². The van der Waals surface area contributed by atoms with Gasteiger partial charge in [-0.2, -0.15) is 0 Å². The molecule has 0 saturated heterocycles. The number of amides is 1. The third-order valence-electron chi connectivity index (χ3n) is 3.75. The summed E-state index contributed by atoms with van der Waals surface area (Å²) in [5.41, 5.74) is 3.08. The molecule has 0 bridgehead atoms. The summed E-state index contributed by atoms with van der Waals surface area (Å²) in [6.45, 7) is 3.87. The van der Waals surface area contributed by atoms with Gasteiger partial charge in [0.05, 0.1) is 11.3 Å². The highest BCUT2D eigenvalue weighted by Crippen LogP contribution is 2.30. The molecule has 8 heteroatoms. The van der Waals surface area contributed by atoms with Crippen LogP contribution in [0.5, 0.6) is 0 Å². The highest BCUT2D eigenvalue weighted by atomic mass is 35.5. The maximum absolute atomic E-state index is 14.2. The first-order valence-electron chi connectivity index (χ1n) is 7.32. The lowest BCUT2D eigenvalue weighted by Crippen LogP contribution is -2.34. The van der Waals surface area contributed by atoms with Gasteiger partial charge in [0.2, 0.25) is 0 Å². The van der Waals surface area contributed by atoms with Gasteiger partial charge in [-0.25, -0.2) is 13.8 Å². The fraction of sp³-hybridized carbons (Fsp3) is 0.312. The lowest BCUT2D eigenvalue weighted by molar-refractivity contribution is 0.0993. The van der Waals surface area contributed by atoms with Crippen LogP contribution in [0, 0.1) is 17.6 Å². The van der Waals surface area contributed by atoms with Gasteiger partial charge in [0.15, 0.2) is 10.8 Å². The topological polar surface area (TPSA) is 78.0 Å². The number of hydrogen-bond donors (Lipinski definition) is 1. The van der Waals surface area contributed by atoms with Crippen LogP contribution in [0.3, 0.4) is 0 Å². The number of carbonyl (C=O) groups excluding carboxylic acids is 1. The van der Waals surface area contributed by atoms with Crippen molar-refractivity contribution in [2.24, 2.45) is 11.7 Å². The minimum Gasteiger partial charge on any atom is -0.364 e. The molecule has 0 aliphatic heterocycles. The summed E-state index contributed by atoms with van der Waals surface area (Å²) < 4.78 is 29.4. The normalized spacial score (nSPS) is 12.2. The Kier molecular flexibility index (Phi) is 5.33. The Balaban J connectivity index is 2.87. The van der Waals surface area contributed by atoms with Crippen LogP contribution in [-0.2, 0) is 6.54 Å². The van der Waals surface area contributed by atoms with Gasteiger partial charge in [-0.15, -0.1) is 0 Å². The number of rotatable bonds is 5. The fourth-order valence-electron chi connectivity index (χ4n) is 2.28. The maximum Gasteiger partial charge on any atom is 0.282 e. The summed E-state index contributed by atoms with van der Waals surface area (Å²) in [6.07, 6.45) is 0.706. The summed E-state index contributed by atoms with van der Waals surface area (Å²) in [7, 11) is 0. The highest BCUT2D eigenvalue weighted by molar-refractivity contribution is 6.32. The number of nitrogens with zero attached hydrogens (tertiary/aromatic N) is 2. The Morgan fingerprint density at radius 2 is 1.96 bits per heavy atom. The van der Waals surface area contributed by atoms with Crippen LogP contribution in [0.25, 0.3) is 11.3 Å². The van der Waals surface area contributed by atoms with E-state index in [9.17, 15) is 18.4 Å². The quantitative estimate of drug-likeness (QED) is 0.895. The fourth-order valence-corrected chi connectivity index (χ4v) is 2.56. The smallest absolute Gasteiger partial charge is 0.282 e. The van der Waals surface area contributed by atoms with E-state index >= 15 is 0 Å². The monoisotopic (exact) mass is 355 g/mol. The molecule has 0 fully saturated rings. The van der Waals surface area contributed by atoms with Crippen LogP contribution < -0.4 is 11.3 Å². The zero-order valence-corrected chi connectivity index (χ0v) is 13.9. The van der Waals surface area contributed by atoms with E-state index in [1.807, 2.05) is 13.8 Å². The summed E-state index contributed by atoms with van der Waals surface area (Å²) in [5.74, 6) is -2.83. The first-order valence-corrected chi connectivity index (χ1v) is 7.70. The number of carbonyl (C=O) groups is 1. The van der Waals surface area contributed by atoms with E-state index in [0.717, 1.165) is 16.7 Å². The van der Waals surface area contributed by atoms with Crippen molar-refractivity contribution in [1.29, 1.82) is 0 Å². The molecule has 2 N–H and O–H groups in total. The molecule has 2 aromatic rings. The molecule has 0 aliphatic carbocycles. The molecule has 1 heterocycles. The summed E-state index contributed by atoms with van der Waals surface area (Å²) in [5, 5.41) is -0.365. The first-order chi connectivity index (χ1) is 11.3. The molecular formula is C16H16ClF2N3O2. The second-order valence-electron chi connectivity index (χ2n) is 5.49. The van der Waals surface area contributed by atoms with Crippen molar-refractivity contribution >= 4 is 17.5 Å². The number of primary amides is 1. The molecule has 2 rings (SSSR count). The second-order valence-corrected chi connectivity index (χ2v) is 5.85. The van der Waals surface area contributed by atoms with Crippen molar-refractivity contribution in [3.63, 3.8) is 0 Å². The van der Waals surface area contributed by atoms with Crippen molar-refractivity contribution in [3.8, 4) is 11.3 Å². The van der Waals surface area contributed by atoms with Gasteiger partial charge < -0.3 is 10.3 Å². The van der Waals surface area contributed by atoms with E-state index in [1.54, 1.807) is 0 Å². The third-order valence-corrected chi connectivity index (χ3v) is 4.01. The van der Waals surface area contributed by atoms with Crippen molar-refractivity contribution in [1.82, 2.24) is 9.55 Å². The van der Waals surface area contributed by atoms with Gasteiger partial charge >= 0.3 is 0 Å². The molecule has 128 valence electrons. The second kappa shape index (κ2) is 7.09. The first kappa shape index (κ1) is 18.1. The van der Waals surface area contributed by atoms with Crippen LogP contribution in [0.15, 0.2) is 23.0 Å². The lowest BCUT2D eigenvalue weighted by Gasteiger charge is -2.18. The highest BCUT2D eigenvalue weighted by Gasteiger charge is 2.24. The molecular weight excluding hydrogens is 340 g/mol. The Hall–Kier alpha value is -2.28. The summed E-state index contributed by atoms with van der Waals surface area (Å²) in [6, 6.07) is 3.30. The average molecular weight is 356 g/mol. The number of hydrogen-bond acceptors (Lipinski definition) is 3. The molecule has 0 saturated carbocycles. The number of benzene rings is 1. The summed E-state index contributed by atoms with van der Waals surface area (Å²) >= 11 is 6.04. The van der Waals surface area contributed by atoms with E-state index in [0.29, 0.717) is 6.42 Å². The molecule has 5 nitrogen and oxygen atoms in total. The van der Waals surface area contributed by atoms with E-state index in [4.69, 9.17) is 17.3 Å². The van der Waals surface area contributed by atoms with Gasteiger partial charge in [-0.1, -0.05) is 37.9 Å². The molecule has 1 aromatic heterocycles. The van der Waals surface area contributed by atoms with Gasteiger partial charge in [0, 0.05) is 6.54 Å². The van der Waals surface area contributed by atoms with Crippen LogP contribution in [-0.4, -0.2) is 15.5 Å². The van der Waals surface area contributed by atoms with Crippen molar-refractivity contribution < 1.29 is 13.6 Å². The average Bonchev–Trinajstić information content (AvgIpc) is 2.52.